The molecule has 2 N–H and O–H groups in total. The van der Waals surface area contributed by atoms with E-state index in [-0.39, 0.29) is 17.9 Å². The minimum absolute atomic E-state index is 0.0163. The van der Waals surface area contributed by atoms with Crippen LogP contribution in [-0.4, -0.2) is 42.1 Å². The van der Waals surface area contributed by atoms with E-state index in [2.05, 4.69) is 11.9 Å². The average Bonchev–Trinajstić information content (AvgIpc) is 2.46. The molecule has 1 heterocycles. The van der Waals surface area contributed by atoms with Crippen LogP contribution in [0, 0.1) is 0 Å². The van der Waals surface area contributed by atoms with E-state index >= 15 is 0 Å². The van der Waals surface area contributed by atoms with Crippen molar-refractivity contribution in [3.63, 3.8) is 0 Å². The number of methoxy groups -OCH3 is 1. The van der Waals surface area contributed by atoms with Gasteiger partial charge in [0.1, 0.15) is 5.82 Å². The molecule has 5 heteroatoms. The first-order chi connectivity index (χ1) is 9.90. The summed E-state index contributed by atoms with van der Waals surface area (Å²) >= 11 is 0. The largest absolute Gasteiger partial charge is 0.384 e. The lowest BCUT2D eigenvalue weighted by Crippen LogP contribution is -2.40. The van der Waals surface area contributed by atoms with Crippen LogP contribution in [0.5, 0.6) is 0 Å². The summed E-state index contributed by atoms with van der Waals surface area (Å²) < 4.78 is 5.11. The lowest BCUT2D eigenvalue weighted by Gasteiger charge is -2.28. The number of nitrogens with two attached hydrogens (primary N) is 1. The van der Waals surface area contributed by atoms with E-state index in [0.717, 1.165) is 12.1 Å². The van der Waals surface area contributed by atoms with Gasteiger partial charge in [0.2, 0.25) is 0 Å². The van der Waals surface area contributed by atoms with Crippen LogP contribution in [0.15, 0.2) is 12.1 Å². The van der Waals surface area contributed by atoms with Crippen molar-refractivity contribution in [3.05, 3.63) is 23.4 Å². The van der Waals surface area contributed by atoms with Crippen molar-refractivity contribution >= 4 is 11.7 Å². The summed E-state index contributed by atoms with van der Waals surface area (Å²) in [5, 5.41) is 0. The fourth-order valence-corrected chi connectivity index (χ4v) is 2.09. The van der Waals surface area contributed by atoms with E-state index in [1.807, 2.05) is 31.7 Å². The molecule has 0 saturated heterocycles. The Morgan fingerprint density at radius 3 is 2.57 bits per heavy atom. The molecule has 1 amide bonds. The van der Waals surface area contributed by atoms with Gasteiger partial charge in [-0.05, 0) is 31.4 Å². The van der Waals surface area contributed by atoms with E-state index in [4.69, 9.17) is 10.5 Å². The smallest absolute Gasteiger partial charge is 0.254 e. The second kappa shape index (κ2) is 7.98. The van der Waals surface area contributed by atoms with Crippen molar-refractivity contribution in [1.29, 1.82) is 0 Å². The average molecular weight is 293 g/mol. The molecule has 0 radical (unpaired) electrons. The minimum atomic E-state index is -0.0163. The van der Waals surface area contributed by atoms with Crippen LogP contribution >= 0.6 is 0 Å². The number of ether oxygens (including phenoxy) is 1. The summed E-state index contributed by atoms with van der Waals surface area (Å²) in [6.07, 6.45) is 0.896. The molecule has 0 fully saturated rings. The summed E-state index contributed by atoms with van der Waals surface area (Å²) in [4.78, 5) is 18.9. The summed E-state index contributed by atoms with van der Waals surface area (Å²) in [7, 11) is 1.64. The maximum absolute atomic E-state index is 12.8. The molecule has 0 aliphatic carbocycles. The van der Waals surface area contributed by atoms with E-state index in [1.165, 1.54) is 0 Å². The first-order valence-electron chi connectivity index (χ1n) is 7.48. The Hall–Kier alpha value is -1.62. The van der Waals surface area contributed by atoms with Crippen molar-refractivity contribution in [1.82, 2.24) is 9.88 Å². The Bertz CT molecular complexity index is 475. The van der Waals surface area contributed by atoms with E-state index in [9.17, 15) is 4.79 Å². The monoisotopic (exact) mass is 293 g/mol. The Labute approximate surface area is 127 Å². The number of anilines is 1. The molecule has 1 aromatic heterocycles. The molecule has 1 rings (SSSR count). The summed E-state index contributed by atoms with van der Waals surface area (Å²) in [6.45, 7) is 9.28. The minimum Gasteiger partial charge on any atom is -0.384 e. The van der Waals surface area contributed by atoms with Crippen LogP contribution in [-0.2, 0) is 4.74 Å². The molecular formula is C16H27N3O2. The van der Waals surface area contributed by atoms with Crippen molar-refractivity contribution < 1.29 is 9.53 Å². The van der Waals surface area contributed by atoms with Gasteiger partial charge in [-0.25, -0.2) is 4.98 Å². The standard InChI is InChI=1S/C16H27N3O2/c1-6-12(4)19(7-8-21-5)16(20)13-9-14(11(2)3)18-15(17)10-13/h9-12H,6-8H2,1-5H3,(H2,17,18). The van der Waals surface area contributed by atoms with Gasteiger partial charge >= 0.3 is 0 Å². The van der Waals surface area contributed by atoms with Crippen molar-refractivity contribution in [2.75, 3.05) is 26.0 Å². The van der Waals surface area contributed by atoms with Gasteiger partial charge in [-0.3, -0.25) is 4.79 Å². The lowest BCUT2D eigenvalue weighted by molar-refractivity contribution is 0.0613. The SMILES string of the molecule is CCC(C)N(CCOC)C(=O)c1cc(N)nc(C(C)C)c1. The highest BCUT2D eigenvalue weighted by atomic mass is 16.5. The molecule has 0 saturated carbocycles. The van der Waals surface area contributed by atoms with Crippen molar-refractivity contribution in [3.8, 4) is 0 Å². The molecule has 0 aliphatic rings. The molecule has 21 heavy (non-hydrogen) atoms. The lowest BCUT2D eigenvalue weighted by atomic mass is 10.1. The number of pyridine rings is 1. The number of carbonyl (C=O) groups excluding carboxylic acids is 1. The van der Waals surface area contributed by atoms with Crippen LogP contribution in [0.4, 0.5) is 5.82 Å². The first-order valence-corrected chi connectivity index (χ1v) is 7.48. The number of nitrogen functional groups attached to an aromatic ring is 1. The summed E-state index contributed by atoms with van der Waals surface area (Å²) in [6, 6.07) is 3.65. The molecular weight excluding hydrogens is 266 g/mol. The van der Waals surface area contributed by atoms with Gasteiger partial charge in [0.25, 0.3) is 5.91 Å². The first kappa shape index (κ1) is 17.4. The van der Waals surface area contributed by atoms with Gasteiger partial charge in [-0.2, -0.15) is 0 Å². The Balaban J connectivity index is 3.07. The van der Waals surface area contributed by atoms with Gasteiger partial charge in [0.05, 0.1) is 6.61 Å². The predicted octanol–water partition coefficient (Wildman–Crippen LogP) is 2.67. The quantitative estimate of drug-likeness (QED) is 0.839. The van der Waals surface area contributed by atoms with E-state index < -0.39 is 0 Å². The highest BCUT2D eigenvalue weighted by molar-refractivity contribution is 5.95. The number of carbonyl (C=O) groups is 1. The maximum atomic E-state index is 12.8. The second-order valence-electron chi connectivity index (χ2n) is 5.61. The number of rotatable bonds is 7. The third-order valence-corrected chi connectivity index (χ3v) is 3.62. The van der Waals surface area contributed by atoms with Gasteiger partial charge < -0.3 is 15.4 Å². The maximum Gasteiger partial charge on any atom is 0.254 e. The van der Waals surface area contributed by atoms with Gasteiger partial charge in [-0.1, -0.05) is 20.8 Å². The molecule has 118 valence electrons. The van der Waals surface area contributed by atoms with E-state index in [0.29, 0.717) is 24.5 Å². The third-order valence-electron chi connectivity index (χ3n) is 3.62. The number of hydrogen-bond donors (Lipinski definition) is 1. The highest BCUT2D eigenvalue weighted by Gasteiger charge is 2.21. The predicted molar refractivity (Wildman–Crippen MR) is 85.4 cm³/mol. The van der Waals surface area contributed by atoms with Crippen LogP contribution in [0.3, 0.4) is 0 Å². The zero-order valence-electron chi connectivity index (χ0n) is 13.7. The zero-order valence-corrected chi connectivity index (χ0v) is 13.7. The topological polar surface area (TPSA) is 68.5 Å². The van der Waals surface area contributed by atoms with Crippen LogP contribution in [0.1, 0.15) is 56.1 Å². The highest BCUT2D eigenvalue weighted by Crippen LogP contribution is 2.18. The molecule has 0 aliphatic heterocycles. The molecule has 5 nitrogen and oxygen atoms in total. The Morgan fingerprint density at radius 2 is 2.05 bits per heavy atom. The van der Waals surface area contributed by atoms with Crippen LogP contribution in [0.25, 0.3) is 0 Å². The fraction of sp³-hybridized carbons (Fsp3) is 0.625. The zero-order chi connectivity index (χ0) is 16.0. The third kappa shape index (κ3) is 4.70. The fourth-order valence-electron chi connectivity index (χ4n) is 2.09. The summed E-state index contributed by atoms with van der Waals surface area (Å²) in [5.41, 5.74) is 7.28. The molecule has 1 atom stereocenters. The second-order valence-corrected chi connectivity index (χ2v) is 5.61. The van der Waals surface area contributed by atoms with Gasteiger partial charge in [-0.15, -0.1) is 0 Å². The molecule has 0 bridgehead atoms. The van der Waals surface area contributed by atoms with Crippen LogP contribution in [0.2, 0.25) is 0 Å². The van der Waals surface area contributed by atoms with Gasteiger partial charge in [0, 0.05) is 31.0 Å². The summed E-state index contributed by atoms with van der Waals surface area (Å²) in [5.74, 6) is 0.605. The Morgan fingerprint density at radius 1 is 1.38 bits per heavy atom. The number of amides is 1. The number of nitrogens with zero attached hydrogens (tertiary/aromatic N) is 2. The number of aromatic nitrogens is 1. The molecule has 0 aromatic carbocycles. The van der Waals surface area contributed by atoms with Gasteiger partial charge in [0.15, 0.2) is 0 Å². The van der Waals surface area contributed by atoms with Crippen LogP contribution < -0.4 is 5.73 Å². The van der Waals surface area contributed by atoms with Crippen molar-refractivity contribution in [2.45, 2.75) is 46.1 Å². The Kier molecular flexibility index (Phi) is 6.62. The van der Waals surface area contributed by atoms with E-state index in [1.54, 1.807) is 13.2 Å². The van der Waals surface area contributed by atoms with Crippen molar-refractivity contribution in [2.24, 2.45) is 0 Å². The molecule has 0 spiro atoms. The normalized spacial score (nSPS) is 12.5. The molecule has 1 aromatic rings. The molecule has 1 unspecified atom stereocenters. The number of hydrogen-bond acceptors (Lipinski definition) is 4.